The van der Waals surface area contributed by atoms with Gasteiger partial charge in [-0.3, -0.25) is 19.1 Å². The van der Waals surface area contributed by atoms with E-state index in [2.05, 4.69) is 31.5 Å². The van der Waals surface area contributed by atoms with Crippen LogP contribution in [0.25, 0.3) is 22.5 Å². The van der Waals surface area contributed by atoms with Crippen LogP contribution in [0.4, 0.5) is 11.5 Å². The van der Waals surface area contributed by atoms with Gasteiger partial charge in [0.2, 0.25) is 0 Å². The van der Waals surface area contributed by atoms with Gasteiger partial charge >= 0.3 is 0 Å². The van der Waals surface area contributed by atoms with Gasteiger partial charge in [-0.1, -0.05) is 18.2 Å². The maximum atomic E-state index is 13.6. The van der Waals surface area contributed by atoms with Crippen molar-refractivity contribution in [1.82, 2.24) is 34.0 Å². The first-order chi connectivity index (χ1) is 22.0. The first kappa shape index (κ1) is 27.7. The zero-order chi connectivity index (χ0) is 30.5. The van der Waals surface area contributed by atoms with Crippen molar-refractivity contribution in [2.45, 2.75) is 63.5 Å². The molecule has 45 heavy (non-hydrogen) atoms. The Labute approximate surface area is 259 Å². The third-order valence-corrected chi connectivity index (χ3v) is 9.13. The summed E-state index contributed by atoms with van der Waals surface area (Å²) in [6.45, 7) is 2.43. The van der Waals surface area contributed by atoms with Gasteiger partial charge in [-0.15, -0.1) is 0 Å². The van der Waals surface area contributed by atoms with E-state index in [-0.39, 0.29) is 11.1 Å². The van der Waals surface area contributed by atoms with E-state index in [1.165, 1.54) is 11.0 Å². The molecule has 5 aromatic rings. The molecule has 2 aliphatic heterocycles. The second-order valence-corrected chi connectivity index (χ2v) is 12.1. The van der Waals surface area contributed by atoms with Crippen LogP contribution in [0, 0.1) is 0 Å². The lowest BCUT2D eigenvalue weighted by atomic mass is 9.94. The number of nitrogens with zero attached hydrogens (tertiary/aromatic N) is 7. The van der Waals surface area contributed by atoms with E-state index < -0.39 is 5.91 Å². The number of nitrogens with one attached hydrogen (secondary N) is 1. The lowest BCUT2D eigenvalue weighted by Gasteiger charge is -2.30. The Morgan fingerprint density at radius 1 is 0.978 bits per heavy atom. The van der Waals surface area contributed by atoms with Gasteiger partial charge in [-0.25, -0.2) is 14.5 Å². The standard InChI is InChI=1S/C33H35N9O3/c34-31-30-25(19-27(41(30)37-20-36-31)22-13-17-39(18-14-22)45-24-11-12-24)21-7-9-23(10-8-21)38-32(43)29-26-5-2-4-16-40(26)42(33(29)44)28-6-1-3-15-35-28/h1,3,6-10,15,19-20,22,24H,2,4-5,11-14,16-18H2,(H,38,43)(H2,34,36,37). The van der Waals surface area contributed by atoms with E-state index in [1.54, 1.807) is 18.3 Å². The lowest BCUT2D eigenvalue weighted by molar-refractivity contribution is -0.180. The molecule has 0 bridgehead atoms. The van der Waals surface area contributed by atoms with Crippen LogP contribution in [0.2, 0.25) is 0 Å². The monoisotopic (exact) mass is 605 g/mol. The summed E-state index contributed by atoms with van der Waals surface area (Å²) in [5.74, 6) is 0.829. The fraction of sp³-hybridized carbons (Fsp3) is 0.364. The summed E-state index contributed by atoms with van der Waals surface area (Å²) in [5.41, 5.74) is 11.3. The Morgan fingerprint density at radius 3 is 2.56 bits per heavy atom. The average molecular weight is 606 g/mol. The quantitative estimate of drug-likeness (QED) is 0.282. The number of nitrogen functional groups attached to an aromatic ring is 1. The minimum atomic E-state index is -0.417. The molecule has 0 spiro atoms. The molecule has 8 rings (SSSR count). The molecular weight excluding hydrogens is 570 g/mol. The average Bonchev–Trinajstić information content (AvgIpc) is 3.71. The number of rotatable bonds is 7. The van der Waals surface area contributed by atoms with Crippen molar-refractivity contribution in [3.8, 4) is 16.9 Å². The van der Waals surface area contributed by atoms with Crippen molar-refractivity contribution in [2.75, 3.05) is 24.1 Å². The van der Waals surface area contributed by atoms with Crippen LogP contribution < -0.4 is 16.6 Å². The Bertz CT molecular complexity index is 1930. The molecule has 1 amide bonds. The second kappa shape index (κ2) is 11.3. The van der Waals surface area contributed by atoms with Gasteiger partial charge < -0.3 is 11.1 Å². The maximum absolute atomic E-state index is 13.6. The molecule has 3 aliphatic rings. The Morgan fingerprint density at radius 2 is 1.80 bits per heavy atom. The Hall–Kier alpha value is -4.81. The number of aromatic nitrogens is 6. The molecule has 0 unspecified atom stereocenters. The molecule has 1 saturated carbocycles. The third kappa shape index (κ3) is 5.09. The number of benzene rings is 1. The number of anilines is 2. The summed E-state index contributed by atoms with van der Waals surface area (Å²) in [6.07, 6.45) is 10.3. The van der Waals surface area contributed by atoms with Gasteiger partial charge in [-0.2, -0.15) is 14.8 Å². The minimum absolute atomic E-state index is 0.172. The van der Waals surface area contributed by atoms with Gasteiger partial charge in [-0.05, 0) is 80.8 Å². The minimum Gasteiger partial charge on any atom is -0.382 e. The van der Waals surface area contributed by atoms with E-state index in [0.717, 1.165) is 79.6 Å². The normalized spacial score (nSPS) is 17.4. The highest BCUT2D eigenvalue weighted by molar-refractivity contribution is 6.05. The molecule has 3 N–H and O–H groups in total. The largest absolute Gasteiger partial charge is 0.382 e. The summed E-state index contributed by atoms with van der Waals surface area (Å²) in [4.78, 5) is 41.8. The number of carbonyl (C=O) groups is 1. The van der Waals surface area contributed by atoms with Crippen LogP contribution >= 0.6 is 0 Å². The topological polar surface area (TPSA) is 138 Å². The molecular formula is C33H35N9O3. The summed E-state index contributed by atoms with van der Waals surface area (Å²) >= 11 is 0. The van der Waals surface area contributed by atoms with Crippen LogP contribution in [0.1, 0.15) is 66.2 Å². The highest BCUT2D eigenvalue weighted by Gasteiger charge is 2.31. The zero-order valence-corrected chi connectivity index (χ0v) is 24.9. The Balaban J connectivity index is 1.06. The van der Waals surface area contributed by atoms with Crippen molar-refractivity contribution in [3.05, 3.63) is 88.4 Å². The van der Waals surface area contributed by atoms with E-state index in [4.69, 9.17) is 10.6 Å². The number of piperidine rings is 1. The van der Waals surface area contributed by atoms with Gasteiger partial charge in [0.1, 0.15) is 17.4 Å². The van der Waals surface area contributed by atoms with E-state index >= 15 is 0 Å². The molecule has 6 heterocycles. The Kier molecular flexibility index (Phi) is 6.95. The first-order valence-corrected chi connectivity index (χ1v) is 15.8. The lowest BCUT2D eigenvalue weighted by Crippen LogP contribution is -2.34. The van der Waals surface area contributed by atoms with Gasteiger partial charge in [0.15, 0.2) is 11.6 Å². The summed E-state index contributed by atoms with van der Waals surface area (Å²) in [7, 11) is 0. The summed E-state index contributed by atoms with van der Waals surface area (Å²) in [5, 5.41) is 9.66. The number of hydrogen-bond acceptors (Lipinski definition) is 8. The molecule has 1 aliphatic carbocycles. The van der Waals surface area contributed by atoms with Crippen LogP contribution in [0.15, 0.2) is 65.8 Å². The second-order valence-electron chi connectivity index (χ2n) is 12.1. The molecule has 4 aromatic heterocycles. The molecule has 2 fully saturated rings. The number of hydroxylamine groups is 2. The van der Waals surface area contributed by atoms with Gasteiger partial charge in [0.25, 0.3) is 11.5 Å². The number of nitrogens with two attached hydrogens (primary N) is 1. The molecule has 12 heteroatoms. The van der Waals surface area contributed by atoms with Crippen molar-refractivity contribution >= 4 is 22.9 Å². The maximum Gasteiger partial charge on any atom is 0.285 e. The molecule has 1 saturated heterocycles. The van der Waals surface area contributed by atoms with Gasteiger partial charge in [0, 0.05) is 48.7 Å². The fourth-order valence-corrected chi connectivity index (χ4v) is 6.74. The van der Waals surface area contributed by atoms with Crippen molar-refractivity contribution in [2.24, 2.45) is 0 Å². The van der Waals surface area contributed by atoms with Gasteiger partial charge in [0.05, 0.1) is 11.8 Å². The highest BCUT2D eigenvalue weighted by atomic mass is 16.7. The third-order valence-electron chi connectivity index (χ3n) is 9.13. The van der Waals surface area contributed by atoms with Crippen molar-refractivity contribution in [3.63, 3.8) is 0 Å². The predicted octanol–water partition coefficient (Wildman–Crippen LogP) is 4.19. The highest BCUT2D eigenvalue weighted by Crippen LogP contribution is 2.37. The van der Waals surface area contributed by atoms with E-state index in [0.29, 0.717) is 42.3 Å². The number of fused-ring (bicyclic) bond motifs is 2. The summed E-state index contributed by atoms with van der Waals surface area (Å²) in [6, 6.07) is 15.2. The summed E-state index contributed by atoms with van der Waals surface area (Å²) < 4.78 is 5.36. The van der Waals surface area contributed by atoms with E-state index in [9.17, 15) is 9.59 Å². The number of amides is 1. The van der Waals surface area contributed by atoms with E-state index in [1.807, 2.05) is 39.5 Å². The predicted molar refractivity (Wildman–Crippen MR) is 169 cm³/mol. The van der Waals surface area contributed by atoms with Crippen LogP contribution in [0.3, 0.4) is 0 Å². The van der Waals surface area contributed by atoms with Crippen molar-refractivity contribution in [1.29, 1.82) is 0 Å². The molecule has 0 atom stereocenters. The van der Waals surface area contributed by atoms with Crippen LogP contribution in [0.5, 0.6) is 0 Å². The van der Waals surface area contributed by atoms with Crippen LogP contribution in [-0.2, 0) is 17.8 Å². The number of pyridine rings is 1. The number of carbonyl (C=O) groups excluding carboxylic acids is 1. The van der Waals surface area contributed by atoms with Crippen molar-refractivity contribution < 1.29 is 9.63 Å². The van der Waals surface area contributed by atoms with Crippen LogP contribution in [-0.4, -0.2) is 59.1 Å². The molecule has 0 radical (unpaired) electrons. The SMILES string of the molecule is Nc1ncnn2c(C3CCN(OC4CC4)CC3)cc(-c3ccc(NC(=O)c4c5n(n(-c6ccccn6)c4=O)CCCC5)cc3)c12. The molecule has 12 nitrogen and oxygen atoms in total. The fourth-order valence-electron chi connectivity index (χ4n) is 6.74. The molecule has 230 valence electrons. The molecule has 1 aromatic carbocycles. The zero-order valence-electron chi connectivity index (χ0n) is 24.9. The number of hydrogen-bond donors (Lipinski definition) is 2. The smallest absolute Gasteiger partial charge is 0.285 e. The first-order valence-electron chi connectivity index (χ1n) is 15.8.